The Bertz CT molecular complexity index is 807. The molecule has 0 saturated heterocycles. The Balaban J connectivity index is 1.58. The van der Waals surface area contributed by atoms with Crippen LogP contribution in [0.4, 0.5) is 0 Å². The van der Waals surface area contributed by atoms with Crippen LogP contribution < -0.4 is 5.48 Å². The first-order chi connectivity index (χ1) is 11.2. The van der Waals surface area contributed by atoms with Crippen LogP contribution in [0.5, 0.6) is 0 Å². The summed E-state index contributed by atoms with van der Waals surface area (Å²) in [6.45, 7) is 0. The Morgan fingerprint density at radius 3 is 2.87 bits per heavy atom. The Labute approximate surface area is 135 Å². The summed E-state index contributed by atoms with van der Waals surface area (Å²) >= 11 is 0. The van der Waals surface area contributed by atoms with Crippen molar-refractivity contribution in [3.05, 3.63) is 75.9 Å². The van der Waals surface area contributed by atoms with Gasteiger partial charge in [0.25, 0.3) is 5.91 Å². The average Bonchev–Trinajstić information content (AvgIpc) is 3.07. The lowest BCUT2D eigenvalue weighted by atomic mass is 9.79. The number of fused-ring (bicyclic) bond motifs is 2. The van der Waals surface area contributed by atoms with E-state index in [1.54, 1.807) is 11.5 Å². The number of hydroxylamine groups is 1. The zero-order valence-corrected chi connectivity index (χ0v) is 12.9. The maximum Gasteiger partial charge on any atom is 0.274 e. The molecule has 4 rings (SSSR count). The molecule has 2 N–H and O–H groups in total. The van der Waals surface area contributed by atoms with Gasteiger partial charge in [0.15, 0.2) is 0 Å². The highest BCUT2D eigenvalue weighted by Gasteiger charge is 2.22. The summed E-state index contributed by atoms with van der Waals surface area (Å²) in [6, 6.07) is 12.6. The minimum atomic E-state index is -0.443. The maximum absolute atomic E-state index is 11.5. The minimum Gasteiger partial charge on any atom is -0.288 e. The van der Waals surface area contributed by atoms with E-state index in [9.17, 15) is 4.79 Å². The molecule has 1 unspecified atom stereocenters. The third kappa shape index (κ3) is 2.57. The summed E-state index contributed by atoms with van der Waals surface area (Å²) < 4.78 is 0. The van der Waals surface area contributed by atoms with Gasteiger partial charge in [0.1, 0.15) is 0 Å². The van der Waals surface area contributed by atoms with Crippen molar-refractivity contribution < 1.29 is 10.0 Å². The van der Waals surface area contributed by atoms with Crippen molar-refractivity contribution in [2.45, 2.75) is 31.6 Å². The first-order valence-corrected chi connectivity index (χ1v) is 8.10. The van der Waals surface area contributed by atoms with Gasteiger partial charge in [-0.15, -0.1) is 0 Å². The van der Waals surface area contributed by atoms with Crippen molar-refractivity contribution in [1.82, 2.24) is 5.48 Å². The second kappa shape index (κ2) is 5.67. The molecule has 2 aromatic rings. The highest BCUT2D eigenvalue weighted by atomic mass is 16.5. The summed E-state index contributed by atoms with van der Waals surface area (Å²) in [5.74, 6) is 0.104. The molecule has 3 nitrogen and oxygen atoms in total. The van der Waals surface area contributed by atoms with Gasteiger partial charge in [-0.05, 0) is 71.6 Å². The van der Waals surface area contributed by atoms with Gasteiger partial charge in [-0.2, -0.15) is 0 Å². The molecule has 2 aromatic carbocycles. The first kappa shape index (κ1) is 14.2. The SMILES string of the molecule is O=C(NO)c1ccc2c(c1)CCC(c1ccc3c(c1)CC=C3)C2. The van der Waals surface area contributed by atoms with E-state index in [1.807, 2.05) is 12.1 Å². The molecule has 1 atom stereocenters. The lowest BCUT2D eigenvalue weighted by molar-refractivity contribution is 0.0706. The van der Waals surface area contributed by atoms with Crippen LogP contribution in [0.3, 0.4) is 0 Å². The maximum atomic E-state index is 11.5. The Kier molecular flexibility index (Phi) is 3.50. The van der Waals surface area contributed by atoms with E-state index in [0.717, 1.165) is 25.7 Å². The highest BCUT2D eigenvalue weighted by molar-refractivity contribution is 5.93. The number of carbonyl (C=O) groups is 1. The molecule has 0 heterocycles. The molecule has 2 aliphatic carbocycles. The number of carbonyl (C=O) groups excluding carboxylic acids is 1. The lowest BCUT2D eigenvalue weighted by Gasteiger charge is -2.26. The minimum absolute atomic E-state index is 0.443. The fourth-order valence-electron chi connectivity index (χ4n) is 3.78. The van der Waals surface area contributed by atoms with E-state index in [0.29, 0.717) is 11.5 Å². The summed E-state index contributed by atoms with van der Waals surface area (Å²) in [5, 5.41) is 8.76. The molecule has 0 fully saturated rings. The molecule has 0 bridgehead atoms. The molecule has 23 heavy (non-hydrogen) atoms. The van der Waals surface area contributed by atoms with E-state index in [1.165, 1.54) is 27.8 Å². The zero-order chi connectivity index (χ0) is 15.8. The number of amides is 1. The van der Waals surface area contributed by atoms with E-state index < -0.39 is 5.91 Å². The topological polar surface area (TPSA) is 49.3 Å². The van der Waals surface area contributed by atoms with Crippen LogP contribution in [0.1, 0.15) is 50.5 Å². The van der Waals surface area contributed by atoms with Crippen molar-refractivity contribution in [3.63, 3.8) is 0 Å². The number of rotatable bonds is 2. The van der Waals surface area contributed by atoms with Crippen molar-refractivity contribution in [1.29, 1.82) is 0 Å². The van der Waals surface area contributed by atoms with Crippen LogP contribution in [0.2, 0.25) is 0 Å². The van der Waals surface area contributed by atoms with Gasteiger partial charge in [0.05, 0.1) is 0 Å². The van der Waals surface area contributed by atoms with Gasteiger partial charge in [0.2, 0.25) is 0 Å². The smallest absolute Gasteiger partial charge is 0.274 e. The van der Waals surface area contributed by atoms with Crippen molar-refractivity contribution >= 4 is 12.0 Å². The normalized spacial score (nSPS) is 18.4. The third-order valence-electron chi connectivity index (χ3n) is 5.07. The Hall–Kier alpha value is -2.39. The average molecular weight is 305 g/mol. The van der Waals surface area contributed by atoms with Crippen LogP contribution in [-0.4, -0.2) is 11.1 Å². The first-order valence-electron chi connectivity index (χ1n) is 8.10. The second-order valence-electron chi connectivity index (χ2n) is 6.43. The van der Waals surface area contributed by atoms with E-state index in [-0.39, 0.29) is 0 Å². The molecule has 116 valence electrons. The third-order valence-corrected chi connectivity index (χ3v) is 5.07. The van der Waals surface area contributed by atoms with Gasteiger partial charge in [-0.1, -0.05) is 36.4 Å². The molecule has 0 spiro atoms. The number of nitrogens with one attached hydrogen (secondary N) is 1. The van der Waals surface area contributed by atoms with Gasteiger partial charge in [-0.25, -0.2) is 5.48 Å². The Morgan fingerprint density at radius 1 is 1.09 bits per heavy atom. The van der Waals surface area contributed by atoms with Crippen LogP contribution in [0.25, 0.3) is 6.08 Å². The number of benzene rings is 2. The molecule has 0 radical (unpaired) electrons. The van der Waals surface area contributed by atoms with Gasteiger partial charge in [-0.3, -0.25) is 10.0 Å². The van der Waals surface area contributed by atoms with Crippen LogP contribution in [-0.2, 0) is 19.3 Å². The molecule has 0 aromatic heterocycles. The largest absolute Gasteiger partial charge is 0.288 e. The number of allylic oxidation sites excluding steroid dienone is 1. The van der Waals surface area contributed by atoms with Gasteiger partial charge < -0.3 is 0 Å². The van der Waals surface area contributed by atoms with E-state index in [4.69, 9.17) is 5.21 Å². The number of aryl methyl sites for hydroxylation is 1. The van der Waals surface area contributed by atoms with Crippen molar-refractivity contribution in [2.75, 3.05) is 0 Å². The molecule has 2 aliphatic rings. The fraction of sp³-hybridized carbons (Fsp3) is 0.250. The fourth-order valence-corrected chi connectivity index (χ4v) is 3.78. The van der Waals surface area contributed by atoms with Crippen molar-refractivity contribution in [2.24, 2.45) is 0 Å². The van der Waals surface area contributed by atoms with E-state index in [2.05, 4.69) is 30.4 Å². The highest BCUT2D eigenvalue weighted by Crippen LogP contribution is 2.34. The van der Waals surface area contributed by atoms with Gasteiger partial charge >= 0.3 is 0 Å². The summed E-state index contributed by atoms with van der Waals surface area (Å²) in [5.41, 5.74) is 8.98. The van der Waals surface area contributed by atoms with Crippen molar-refractivity contribution in [3.8, 4) is 0 Å². The lowest BCUT2D eigenvalue weighted by Crippen LogP contribution is -2.20. The number of hydrogen-bond acceptors (Lipinski definition) is 2. The molecular formula is C20H19NO2. The summed E-state index contributed by atoms with van der Waals surface area (Å²) in [4.78, 5) is 11.5. The monoisotopic (exact) mass is 305 g/mol. The molecular weight excluding hydrogens is 286 g/mol. The summed E-state index contributed by atoms with van der Waals surface area (Å²) in [7, 11) is 0. The molecule has 1 amide bonds. The van der Waals surface area contributed by atoms with Crippen LogP contribution in [0.15, 0.2) is 42.5 Å². The predicted octanol–water partition coefficient (Wildman–Crippen LogP) is 3.65. The molecule has 0 aliphatic heterocycles. The van der Waals surface area contributed by atoms with Crippen LogP contribution in [0, 0.1) is 0 Å². The standard InChI is InChI=1S/C20H19NO2/c22-20(21-23)19-9-8-17-11-16(6-7-18(17)12-19)15-5-4-13-2-1-3-14(13)10-15/h1-2,4-5,8-10,12,16,23H,3,6-7,11H2,(H,21,22). The zero-order valence-electron chi connectivity index (χ0n) is 12.9. The Morgan fingerprint density at radius 2 is 2.00 bits per heavy atom. The number of hydrogen-bond donors (Lipinski definition) is 2. The van der Waals surface area contributed by atoms with E-state index >= 15 is 0 Å². The van der Waals surface area contributed by atoms with Gasteiger partial charge in [0, 0.05) is 5.56 Å². The summed E-state index contributed by atoms with van der Waals surface area (Å²) in [6.07, 6.45) is 8.56. The molecule has 3 heteroatoms. The quantitative estimate of drug-likeness (QED) is 0.657. The predicted molar refractivity (Wildman–Crippen MR) is 89.6 cm³/mol. The molecule has 0 saturated carbocycles. The second-order valence-corrected chi connectivity index (χ2v) is 6.43. The van der Waals surface area contributed by atoms with Crippen LogP contribution >= 0.6 is 0 Å².